The molecule has 0 unspecified atom stereocenters. The highest BCUT2D eigenvalue weighted by atomic mass is 32.1. The number of piperazine rings is 1. The number of carbonyl (C=O) groups is 1. The monoisotopic (exact) mass is 322 g/mol. The number of nitrogens with one attached hydrogen (secondary N) is 1. The van der Waals surface area contributed by atoms with Crippen LogP contribution in [0.2, 0.25) is 0 Å². The van der Waals surface area contributed by atoms with E-state index in [1.54, 1.807) is 17.4 Å². The van der Waals surface area contributed by atoms with Gasteiger partial charge in [0.1, 0.15) is 11.3 Å². The van der Waals surface area contributed by atoms with Gasteiger partial charge in [-0.2, -0.15) is 0 Å². The van der Waals surface area contributed by atoms with Crippen molar-refractivity contribution in [2.45, 2.75) is 6.92 Å². The normalized spacial score (nSPS) is 16.2. The van der Waals surface area contributed by atoms with Crippen molar-refractivity contribution in [3.63, 3.8) is 0 Å². The van der Waals surface area contributed by atoms with Crippen molar-refractivity contribution < 1.29 is 9.18 Å². The molecule has 0 spiro atoms. The molecule has 1 aromatic carbocycles. The number of aromatic nitrogens is 1. The number of hydrogen-bond donors (Lipinski definition) is 1. The Morgan fingerprint density at radius 3 is 2.82 bits per heavy atom. The highest BCUT2D eigenvalue weighted by Gasteiger charge is 2.20. The largest absolute Gasteiger partial charge is 0.355 e. The summed E-state index contributed by atoms with van der Waals surface area (Å²) in [4.78, 5) is 19.8. The van der Waals surface area contributed by atoms with Crippen molar-refractivity contribution in [3.8, 4) is 0 Å². The van der Waals surface area contributed by atoms with Crippen LogP contribution in [0.15, 0.2) is 18.2 Å². The summed E-state index contributed by atoms with van der Waals surface area (Å²) in [5, 5.41) is 3.70. The topological polar surface area (TPSA) is 48.5 Å². The molecule has 3 rings (SSSR count). The lowest BCUT2D eigenvalue weighted by atomic mass is 10.3. The van der Waals surface area contributed by atoms with Crippen LogP contribution in [0, 0.1) is 5.82 Å². The minimum Gasteiger partial charge on any atom is -0.355 e. The zero-order valence-electron chi connectivity index (χ0n) is 12.5. The Hall–Kier alpha value is -1.73. The SMILES string of the molecule is CC(=O)NCCN1CCN(c2nc3c(F)cccc3s2)CC1. The molecule has 1 amide bonds. The Labute approximate surface area is 132 Å². The molecule has 0 aliphatic carbocycles. The van der Waals surface area contributed by atoms with E-state index >= 15 is 0 Å². The molecule has 1 aromatic heterocycles. The second kappa shape index (κ2) is 6.58. The van der Waals surface area contributed by atoms with E-state index in [1.807, 2.05) is 6.07 Å². The van der Waals surface area contributed by atoms with Gasteiger partial charge in [-0.05, 0) is 12.1 Å². The van der Waals surface area contributed by atoms with Crippen molar-refractivity contribution in [1.82, 2.24) is 15.2 Å². The zero-order valence-corrected chi connectivity index (χ0v) is 13.3. The summed E-state index contributed by atoms with van der Waals surface area (Å²) >= 11 is 1.54. The molecule has 2 heterocycles. The molecule has 0 saturated carbocycles. The quantitative estimate of drug-likeness (QED) is 0.931. The van der Waals surface area contributed by atoms with E-state index < -0.39 is 0 Å². The number of amides is 1. The van der Waals surface area contributed by atoms with Gasteiger partial charge in [-0.3, -0.25) is 9.69 Å². The number of para-hydroxylation sites is 1. The minimum absolute atomic E-state index is 0.00939. The Bertz CT molecular complexity index is 667. The molecular formula is C15H19FN4OS. The highest BCUT2D eigenvalue weighted by Crippen LogP contribution is 2.30. The molecule has 5 nitrogen and oxygen atoms in total. The smallest absolute Gasteiger partial charge is 0.216 e. The first-order valence-electron chi connectivity index (χ1n) is 7.40. The van der Waals surface area contributed by atoms with E-state index in [0.717, 1.165) is 42.6 Å². The number of anilines is 1. The van der Waals surface area contributed by atoms with Crippen molar-refractivity contribution in [1.29, 1.82) is 0 Å². The van der Waals surface area contributed by atoms with Crippen molar-refractivity contribution in [3.05, 3.63) is 24.0 Å². The van der Waals surface area contributed by atoms with E-state index in [0.29, 0.717) is 12.1 Å². The van der Waals surface area contributed by atoms with Crippen LogP contribution in [-0.4, -0.2) is 55.1 Å². The second-order valence-corrected chi connectivity index (χ2v) is 6.40. The Morgan fingerprint density at radius 1 is 1.36 bits per heavy atom. The fourth-order valence-corrected chi connectivity index (χ4v) is 3.62. The molecule has 1 aliphatic rings. The standard InChI is InChI=1S/C15H19FN4OS/c1-11(21)17-5-6-19-7-9-20(10-8-19)15-18-14-12(16)3-2-4-13(14)22-15/h2-4H,5-10H2,1H3,(H,17,21). The second-order valence-electron chi connectivity index (χ2n) is 5.39. The van der Waals surface area contributed by atoms with Gasteiger partial charge in [-0.15, -0.1) is 0 Å². The third-order valence-corrected chi connectivity index (χ3v) is 4.88. The van der Waals surface area contributed by atoms with Crippen molar-refractivity contribution in [2.24, 2.45) is 0 Å². The molecule has 22 heavy (non-hydrogen) atoms. The lowest BCUT2D eigenvalue weighted by Gasteiger charge is -2.34. The van der Waals surface area contributed by atoms with E-state index in [1.165, 1.54) is 13.0 Å². The summed E-state index contributed by atoms with van der Waals surface area (Å²) in [7, 11) is 0. The van der Waals surface area contributed by atoms with Crippen LogP contribution in [0.5, 0.6) is 0 Å². The molecule has 1 N–H and O–H groups in total. The molecule has 7 heteroatoms. The molecule has 1 saturated heterocycles. The predicted molar refractivity (Wildman–Crippen MR) is 86.9 cm³/mol. The number of rotatable bonds is 4. The first-order chi connectivity index (χ1) is 10.6. The molecular weight excluding hydrogens is 303 g/mol. The van der Waals surface area contributed by atoms with Crippen LogP contribution in [0.1, 0.15) is 6.92 Å². The summed E-state index contributed by atoms with van der Waals surface area (Å²) in [5.41, 5.74) is 0.468. The number of hydrogen-bond acceptors (Lipinski definition) is 5. The molecule has 2 aromatic rings. The van der Waals surface area contributed by atoms with Gasteiger partial charge in [0.25, 0.3) is 0 Å². The number of fused-ring (bicyclic) bond motifs is 1. The summed E-state index contributed by atoms with van der Waals surface area (Å²) in [6.45, 7) is 6.69. The predicted octanol–water partition coefficient (Wildman–Crippen LogP) is 1.69. The average molecular weight is 322 g/mol. The maximum Gasteiger partial charge on any atom is 0.216 e. The van der Waals surface area contributed by atoms with E-state index in [9.17, 15) is 9.18 Å². The number of benzene rings is 1. The molecule has 1 aliphatic heterocycles. The number of thiazole rings is 1. The minimum atomic E-state index is -0.256. The van der Waals surface area contributed by atoms with Gasteiger partial charge >= 0.3 is 0 Å². The maximum absolute atomic E-state index is 13.7. The maximum atomic E-state index is 13.7. The average Bonchev–Trinajstić information content (AvgIpc) is 2.93. The molecule has 0 radical (unpaired) electrons. The summed E-state index contributed by atoms with van der Waals surface area (Å²) in [6, 6.07) is 5.08. The third kappa shape index (κ3) is 3.36. The van der Waals surface area contributed by atoms with Gasteiger partial charge in [0.15, 0.2) is 5.13 Å². The Kier molecular flexibility index (Phi) is 4.54. The summed E-state index contributed by atoms with van der Waals surface area (Å²) in [5.74, 6) is -0.246. The van der Waals surface area contributed by atoms with E-state index in [4.69, 9.17) is 0 Å². The first kappa shape index (κ1) is 15.2. The van der Waals surface area contributed by atoms with Crippen LogP contribution in [-0.2, 0) is 4.79 Å². The van der Waals surface area contributed by atoms with Crippen LogP contribution in [0.4, 0.5) is 9.52 Å². The lowest BCUT2D eigenvalue weighted by molar-refractivity contribution is -0.119. The summed E-state index contributed by atoms with van der Waals surface area (Å²) in [6.07, 6.45) is 0. The lowest BCUT2D eigenvalue weighted by Crippen LogP contribution is -2.48. The fraction of sp³-hybridized carbons (Fsp3) is 0.467. The molecule has 0 atom stereocenters. The first-order valence-corrected chi connectivity index (χ1v) is 8.22. The number of halogens is 1. The number of nitrogens with zero attached hydrogens (tertiary/aromatic N) is 3. The van der Waals surface area contributed by atoms with Gasteiger partial charge in [0.2, 0.25) is 5.91 Å². The van der Waals surface area contributed by atoms with Gasteiger partial charge in [-0.1, -0.05) is 17.4 Å². The van der Waals surface area contributed by atoms with Crippen LogP contribution in [0.3, 0.4) is 0 Å². The summed E-state index contributed by atoms with van der Waals surface area (Å²) < 4.78 is 14.6. The Balaban J connectivity index is 1.58. The van der Waals surface area contributed by atoms with Gasteiger partial charge in [-0.25, -0.2) is 9.37 Å². The van der Waals surface area contributed by atoms with Gasteiger partial charge < -0.3 is 10.2 Å². The van der Waals surface area contributed by atoms with Crippen LogP contribution < -0.4 is 10.2 Å². The van der Waals surface area contributed by atoms with Crippen LogP contribution >= 0.6 is 11.3 Å². The van der Waals surface area contributed by atoms with E-state index in [-0.39, 0.29) is 11.7 Å². The fourth-order valence-electron chi connectivity index (χ4n) is 2.59. The van der Waals surface area contributed by atoms with Gasteiger partial charge in [0.05, 0.1) is 4.70 Å². The van der Waals surface area contributed by atoms with Gasteiger partial charge in [0, 0.05) is 46.2 Å². The van der Waals surface area contributed by atoms with E-state index in [2.05, 4.69) is 20.1 Å². The van der Waals surface area contributed by atoms with Crippen LogP contribution in [0.25, 0.3) is 10.2 Å². The number of carbonyl (C=O) groups excluding carboxylic acids is 1. The molecule has 118 valence electrons. The third-order valence-electron chi connectivity index (χ3n) is 3.80. The van der Waals surface area contributed by atoms with Crippen molar-refractivity contribution in [2.75, 3.05) is 44.2 Å². The highest BCUT2D eigenvalue weighted by molar-refractivity contribution is 7.22. The van der Waals surface area contributed by atoms with Crippen molar-refractivity contribution >= 4 is 32.6 Å². The Morgan fingerprint density at radius 2 is 2.14 bits per heavy atom. The zero-order chi connectivity index (χ0) is 15.5. The molecule has 0 bridgehead atoms. The molecule has 1 fully saturated rings.